The molecule has 0 saturated carbocycles. The van der Waals surface area contributed by atoms with Gasteiger partial charge in [-0.3, -0.25) is 9.36 Å². The van der Waals surface area contributed by atoms with Crippen LogP contribution in [0.2, 0.25) is 0 Å². The molecule has 6 atom stereocenters. The largest absolute Gasteiger partial charge is 0.352 e. The van der Waals surface area contributed by atoms with Crippen LogP contribution in [0.15, 0.2) is 71.7 Å². The molecule has 0 aliphatic carbocycles. The third-order valence-electron chi connectivity index (χ3n) is 7.68. The van der Waals surface area contributed by atoms with Crippen molar-refractivity contribution >= 4 is 20.3 Å². The second kappa shape index (κ2) is 11.3. The molecule has 3 aromatic rings. The van der Waals surface area contributed by atoms with E-state index in [0.29, 0.717) is 23.6 Å². The first kappa shape index (κ1) is 26.3. The van der Waals surface area contributed by atoms with Crippen LogP contribution in [-0.2, 0) is 13.8 Å². The van der Waals surface area contributed by atoms with Gasteiger partial charge < -0.3 is 19.1 Å². The molecular weight excluding hydrogens is 515 g/mol. The Labute approximate surface area is 229 Å². The van der Waals surface area contributed by atoms with Crippen molar-refractivity contribution in [2.24, 2.45) is 0 Å². The maximum Gasteiger partial charge on any atom is 0.351 e. The summed E-state index contributed by atoms with van der Waals surface area (Å²) in [5, 5.41) is 2.75. The van der Waals surface area contributed by atoms with Gasteiger partial charge in [-0.2, -0.15) is 4.98 Å². The van der Waals surface area contributed by atoms with Gasteiger partial charge in [0.05, 0.1) is 12.2 Å². The van der Waals surface area contributed by atoms with Crippen LogP contribution in [0.4, 0.5) is 5.82 Å². The number of carbonyl (C=O) groups excluding carboxylic acids is 1. The topological polar surface area (TPSA) is 94.9 Å². The van der Waals surface area contributed by atoms with Gasteiger partial charge >= 0.3 is 5.69 Å². The fourth-order valence-corrected chi connectivity index (χ4v) is 7.64. The number of hydrogen-bond donors (Lipinski definition) is 1. The molecule has 2 aromatic carbocycles. The first-order chi connectivity index (χ1) is 19.0. The monoisotopic (exact) mass is 548 g/mol. The molecule has 10 heteroatoms. The predicted molar refractivity (Wildman–Crippen MR) is 148 cm³/mol. The molecule has 204 valence electrons. The van der Waals surface area contributed by atoms with Crippen LogP contribution in [0.25, 0.3) is 0 Å². The highest BCUT2D eigenvalue weighted by molar-refractivity contribution is 7.44. The lowest BCUT2D eigenvalue weighted by molar-refractivity contribution is -0.0189. The van der Waals surface area contributed by atoms with Gasteiger partial charge in [-0.05, 0) is 43.9 Å². The standard InChI is InChI=1S/C29H33N4O5P/c1-3-23-24(37-39-33-16-10-15-22(33)26(38-39)20-11-6-4-7-12-20)17-25(36-23)32-18-19(2)27(31-29(32)35)30-28(34)21-13-8-5-9-14-21/h4-9,11-14,18,22-26H,3,10,15-17H2,1-2H3,(H,30,31,34,35)/t22-,23-,24?,25-,26+,39-/m1/s1. The maximum atomic E-state index is 13.0. The average Bonchev–Trinajstić information content (AvgIpc) is 3.68. The number of hydrogen-bond acceptors (Lipinski definition) is 7. The van der Waals surface area contributed by atoms with Gasteiger partial charge in [0.25, 0.3) is 14.4 Å². The molecule has 39 heavy (non-hydrogen) atoms. The Morgan fingerprint density at radius 3 is 2.64 bits per heavy atom. The van der Waals surface area contributed by atoms with E-state index in [2.05, 4.69) is 34.0 Å². The minimum absolute atomic E-state index is 0.00566. The number of nitrogens with zero attached hydrogens (tertiary/aromatic N) is 3. The summed E-state index contributed by atoms with van der Waals surface area (Å²) in [6.45, 7) is 4.84. The van der Waals surface area contributed by atoms with E-state index in [9.17, 15) is 9.59 Å². The van der Waals surface area contributed by atoms with Gasteiger partial charge in [-0.15, -0.1) is 0 Å². The lowest BCUT2D eigenvalue weighted by Crippen LogP contribution is -2.29. The van der Waals surface area contributed by atoms with E-state index in [1.807, 2.05) is 31.2 Å². The Hall–Kier alpha value is -2.94. The second-order valence-electron chi connectivity index (χ2n) is 10.2. The fraction of sp³-hybridized carbons (Fsp3) is 0.414. The molecule has 1 unspecified atom stereocenters. The zero-order valence-electron chi connectivity index (χ0n) is 22.1. The summed E-state index contributed by atoms with van der Waals surface area (Å²) in [5.41, 5.74) is 1.88. The lowest BCUT2D eigenvalue weighted by atomic mass is 10.0. The van der Waals surface area contributed by atoms with Crippen LogP contribution in [0.1, 0.15) is 66.4 Å². The zero-order chi connectivity index (χ0) is 26.9. The number of aromatic nitrogens is 2. The molecule has 3 fully saturated rings. The van der Waals surface area contributed by atoms with E-state index in [-0.39, 0.29) is 30.0 Å². The Morgan fingerprint density at radius 1 is 1.15 bits per heavy atom. The van der Waals surface area contributed by atoms with Gasteiger partial charge in [-0.1, -0.05) is 55.5 Å². The van der Waals surface area contributed by atoms with Crippen molar-refractivity contribution in [3.05, 3.63) is 94.0 Å². The van der Waals surface area contributed by atoms with Crippen LogP contribution in [0.5, 0.6) is 0 Å². The van der Waals surface area contributed by atoms with E-state index in [4.69, 9.17) is 13.8 Å². The van der Waals surface area contributed by atoms with Gasteiger partial charge in [0, 0.05) is 36.3 Å². The molecule has 3 saturated heterocycles. The van der Waals surface area contributed by atoms with E-state index >= 15 is 0 Å². The Balaban J connectivity index is 1.16. The SMILES string of the molecule is CC[C@H]1O[C@@H](n2cc(C)c(NC(=O)c3ccccc3)nc2=O)CC1O[P@]1O[C@@H](c2ccccc2)[C@H]2CCCN21. The van der Waals surface area contributed by atoms with E-state index in [1.165, 1.54) is 10.1 Å². The highest BCUT2D eigenvalue weighted by Gasteiger charge is 2.49. The smallest absolute Gasteiger partial charge is 0.351 e. The zero-order valence-corrected chi connectivity index (χ0v) is 23.0. The molecule has 4 heterocycles. The summed E-state index contributed by atoms with van der Waals surface area (Å²) in [6, 6.07) is 19.5. The summed E-state index contributed by atoms with van der Waals surface area (Å²) in [5.74, 6) is -0.0642. The van der Waals surface area contributed by atoms with Crippen molar-refractivity contribution in [1.29, 1.82) is 0 Å². The van der Waals surface area contributed by atoms with Crippen LogP contribution < -0.4 is 11.0 Å². The van der Waals surface area contributed by atoms with Crippen LogP contribution in [-0.4, -0.2) is 44.9 Å². The number of aryl methyl sites for hydroxylation is 1. The summed E-state index contributed by atoms with van der Waals surface area (Å²) in [6.07, 6.45) is 4.34. The quantitative estimate of drug-likeness (QED) is 0.398. The molecule has 0 spiro atoms. The van der Waals surface area contributed by atoms with Gasteiger partial charge in [-0.25, -0.2) is 9.46 Å². The second-order valence-corrected chi connectivity index (χ2v) is 11.7. The highest BCUT2D eigenvalue weighted by Crippen LogP contribution is 2.61. The molecule has 3 aliphatic heterocycles. The molecule has 1 aromatic heterocycles. The Kier molecular flexibility index (Phi) is 7.60. The van der Waals surface area contributed by atoms with Crippen molar-refractivity contribution in [2.75, 3.05) is 11.9 Å². The number of ether oxygens (including phenoxy) is 1. The molecule has 0 bridgehead atoms. The Morgan fingerprint density at radius 2 is 1.90 bits per heavy atom. The van der Waals surface area contributed by atoms with Crippen molar-refractivity contribution in [2.45, 2.75) is 70.1 Å². The number of rotatable bonds is 7. The maximum absolute atomic E-state index is 13.0. The Bertz CT molecular complexity index is 1370. The van der Waals surface area contributed by atoms with Crippen LogP contribution in [0.3, 0.4) is 0 Å². The molecule has 6 rings (SSSR count). The van der Waals surface area contributed by atoms with Gasteiger partial charge in [0.1, 0.15) is 18.1 Å². The van der Waals surface area contributed by atoms with Crippen molar-refractivity contribution < 1.29 is 18.6 Å². The number of nitrogens with one attached hydrogen (secondary N) is 1. The molecule has 3 aliphatic rings. The fourth-order valence-electron chi connectivity index (χ4n) is 5.66. The highest BCUT2D eigenvalue weighted by atomic mass is 31.2. The minimum atomic E-state index is -1.23. The number of anilines is 1. The lowest BCUT2D eigenvalue weighted by Gasteiger charge is -2.25. The number of benzene rings is 2. The summed E-state index contributed by atoms with van der Waals surface area (Å²) in [4.78, 5) is 29.8. The summed E-state index contributed by atoms with van der Waals surface area (Å²) in [7, 11) is -1.23. The molecular formula is C29H33N4O5P. The van der Waals surface area contributed by atoms with Crippen LogP contribution >= 0.6 is 8.53 Å². The third kappa shape index (κ3) is 5.30. The van der Waals surface area contributed by atoms with E-state index in [1.54, 1.807) is 30.5 Å². The number of amides is 1. The van der Waals surface area contributed by atoms with Crippen molar-refractivity contribution in [3.63, 3.8) is 0 Å². The third-order valence-corrected chi connectivity index (χ3v) is 9.46. The molecule has 1 amide bonds. The van der Waals surface area contributed by atoms with E-state index < -0.39 is 20.4 Å². The van der Waals surface area contributed by atoms with Gasteiger partial charge in [0.15, 0.2) is 0 Å². The van der Waals surface area contributed by atoms with E-state index in [0.717, 1.165) is 25.8 Å². The summed E-state index contributed by atoms with van der Waals surface area (Å²) < 4.78 is 23.4. The van der Waals surface area contributed by atoms with Gasteiger partial charge in [0.2, 0.25) is 0 Å². The molecule has 0 radical (unpaired) electrons. The van der Waals surface area contributed by atoms with Crippen molar-refractivity contribution in [3.8, 4) is 0 Å². The first-order valence-corrected chi connectivity index (χ1v) is 14.7. The predicted octanol–water partition coefficient (Wildman–Crippen LogP) is 5.35. The molecule has 9 nitrogen and oxygen atoms in total. The average molecular weight is 549 g/mol. The van der Waals surface area contributed by atoms with Crippen LogP contribution in [0, 0.1) is 6.92 Å². The first-order valence-electron chi connectivity index (χ1n) is 13.6. The van der Waals surface area contributed by atoms with Crippen molar-refractivity contribution in [1.82, 2.24) is 14.2 Å². The number of fused-ring (bicyclic) bond motifs is 1. The normalized spacial score (nSPS) is 28.5. The minimum Gasteiger partial charge on any atom is -0.352 e. The molecule has 1 N–H and O–H groups in total. The summed E-state index contributed by atoms with van der Waals surface area (Å²) >= 11 is 0. The number of carbonyl (C=O) groups is 1.